The van der Waals surface area contributed by atoms with Crippen molar-refractivity contribution in [2.45, 2.75) is 13.0 Å². The summed E-state index contributed by atoms with van der Waals surface area (Å²) in [6, 6.07) is 14.6. The molecular weight excluding hydrogens is 367 g/mol. The number of aromatic nitrogens is 2. The third-order valence-electron chi connectivity index (χ3n) is 5.55. The number of hydrogen-bond acceptors (Lipinski definition) is 3. The summed E-state index contributed by atoms with van der Waals surface area (Å²) >= 11 is 0. The Kier molecular flexibility index (Phi) is 4.28. The first-order valence-electron chi connectivity index (χ1n) is 9.80. The van der Waals surface area contributed by atoms with Gasteiger partial charge < -0.3 is 10.2 Å². The van der Waals surface area contributed by atoms with E-state index in [1.807, 2.05) is 39.8 Å². The Hall–Kier alpha value is -3.25. The average molecular weight is 388 g/mol. The Labute approximate surface area is 167 Å². The Bertz CT molecular complexity index is 1230. The zero-order chi connectivity index (χ0) is 20.0. The van der Waals surface area contributed by atoms with Crippen molar-refractivity contribution in [3.63, 3.8) is 0 Å². The number of nitrogens with one attached hydrogen (secondary N) is 1. The van der Waals surface area contributed by atoms with E-state index >= 15 is 0 Å². The van der Waals surface area contributed by atoms with Crippen molar-refractivity contribution in [1.82, 2.24) is 19.6 Å². The lowest BCUT2D eigenvalue weighted by Crippen LogP contribution is -2.51. The number of carbonyl (C=O) groups is 1. The van der Waals surface area contributed by atoms with E-state index in [9.17, 15) is 9.18 Å². The number of benzene rings is 2. The van der Waals surface area contributed by atoms with Crippen LogP contribution in [-0.4, -0.2) is 45.9 Å². The van der Waals surface area contributed by atoms with Crippen molar-refractivity contribution in [3.8, 4) is 11.4 Å². The molecule has 2 aromatic carbocycles. The summed E-state index contributed by atoms with van der Waals surface area (Å²) in [4.78, 5) is 19.8. The Morgan fingerprint density at radius 3 is 2.69 bits per heavy atom. The molecule has 1 aliphatic heterocycles. The number of fused-ring (bicyclic) bond motifs is 3. The summed E-state index contributed by atoms with van der Waals surface area (Å²) in [5, 5.41) is 5.18. The number of pyridine rings is 1. The molecule has 3 heterocycles. The first-order valence-corrected chi connectivity index (χ1v) is 9.80. The summed E-state index contributed by atoms with van der Waals surface area (Å²) < 4.78 is 16.3. The molecule has 0 spiro atoms. The lowest BCUT2D eigenvalue weighted by atomic mass is 10.0. The van der Waals surface area contributed by atoms with E-state index in [1.54, 1.807) is 24.4 Å². The third kappa shape index (κ3) is 2.96. The number of imidazole rings is 1. The van der Waals surface area contributed by atoms with Crippen LogP contribution in [0.15, 0.2) is 60.9 Å². The lowest BCUT2D eigenvalue weighted by molar-refractivity contribution is 0.0710. The van der Waals surface area contributed by atoms with Crippen LogP contribution in [0.2, 0.25) is 0 Å². The highest BCUT2D eigenvalue weighted by atomic mass is 19.1. The van der Waals surface area contributed by atoms with Crippen LogP contribution in [0.25, 0.3) is 27.7 Å². The first-order chi connectivity index (χ1) is 14.1. The van der Waals surface area contributed by atoms with Crippen molar-refractivity contribution < 1.29 is 9.18 Å². The van der Waals surface area contributed by atoms with Gasteiger partial charge in [-0.15, -0.1) is 0 Å². The highest BCUT2D eigenvalue weighted by Gasteiger charge is 2.24. The van der Waals surface area contributed by atoms with E-state index in [2.05, 4.69) is 17.2 Å². The van der Waals surface area contributed by atoms with E-state index in [-0.39, 0.29) is 17.8 Å². The topological polar surface area (TPSA) is 49.6 Å². The molecule has 0 unspecified atom stereocenters. The number of halogens is 1. The number of hydrogen-bond donors (Lipinski definition) is 1. The summed E-state index contributed by atoms with van der Waals surface area (Å²) in [5.74, 6) is 0.146. The Morgan fingerprint density at radius 1 is 1.14 bits per heavy atom. The van der Waals surface area contributed by atoms with Crippen LogP contribution in [0.5, 0.6) is 0 Å². The normalized spacial score (nSPS) is 17.2. The maximum absolute atomic E-state index is 14.5. The Morgan fingerprint density at radius 2 is 1.90 bits per heavy atom. The predicted molar refractivity (Wildman–Crippen MR) is 111 cm³/mol. The van der Waals surface area contributed by atoms with Gasteiger partial charge in [0.25, 0.3) is 5.91 Å². The maximum Gasteiger partial charge on any atom is 0.256 e. The molecule has 1 atom stereocenters. The SMILES string of the molecule is C[C@H]1CN(C(=O)c2cn3c(-c4ccccc4F)ncc3c3ccccc23)CCN1. The summed E-state index contributed by atoms with van der Waals surface area (Å²) in [6.45, 7) is 4.18. The van der Waals surface area contributed by atoms with Gasteiger partial charge in [0.15, 0.2) is 0 Å². The van der Waals surface area contributed by atoms with Crippen LogP contribution in [0.3, 0.4) is 0 Å². The second-order valence-electron chi connectivity index (χ2n) is 7.51. The molecule has 1 fully saturated rings. The van der Waals surface area contributed by atoms with Crippen LogP contribution in [0.4, 0.5) is 4.39 Å². The molecule has 6 heteroatoms. The summed E-state index contributed by atoms with van der Waals surface area (Å²) in [7, 11) is 0. The summed E-state index contributed by atoms with van der Waals surface area (Å²) in [6.07, 6.45) is 3.55. The fourth-order valence-electron chi connectivity index (χ4n) is 4.13. The number of amides is 1. The van der Waals surface area contributed by atoms with Gasteiger partial charge in [-0.1, -0.05) is 36.4 Å². The number of nitrogens with zero attached hydrogens (tertiary/aromatic N) is 3. The van der Waals surface area contributed by atoms with Crippen molar-refractivity contribution in [3.05, 3.63) is 72.3 Å². The van der Waals surface area contributed by atoms with Gasteiger partial charge in [0, 0.05) is 37.3 Å². The number of piperazine rings is 1. The quantitative estimate of drug-likeness (QED) is 0.569. The fraction of sp³-hybridized carbons (Fsp3) is 0.217. The van der Waals surface area contributed by atoms with Gasteiger partial charge in [0.1, 0.15) is 11.6 Å². The lowest BCUT2D eigenvalue weighted by Gasteiger charge is -2.32. The van der Waals surface area contributed by atoms with Gasteiger partial charge in [0.05, 0.1) is 22.8 Å². The van der Waals surface area contributed by atoms with E-state index in [1.165, 1.54) is 6.07 Å². The fourth-order valence-corrected chi connectivity index (χ4v) is 4.13. The minimum absolute atomic E-state index is 0.00960. The van der Waals surface area contributed by atoms with Crippen LogP contribution in [0.1, 0.15) is 17.3 Å². The highest BCUT2D eigenvalue weighted by Crippen LogP contribution is 2.30. The molecule has 2 aromatic heterocycles. The van der Waals surface area contributed by atoms with Crippen LogP contribution >= 0.6 is 0 Å². The second kappa shape index (κ2) is 6.97. The molecule has 0 saturated carbocycles. The molecule has 1 saturated heterocycles. The standard InChI is InChI=1S/C23H21FN4O/c1-15-13-27(11-10-25-15)23(29)19-14-28-21(17-7-3-2-6-16(17)19)12-26-22(28)18-8-4-5-9-20(18)24/h2-9,12,14-15,25H,10-11,13H2,1H3/t15-/m0/s1. The van der Waals surface area contributed by atoms with Crippen molar-refractivity contribution >= 4 is 22.2 Å². The molecule has 1 amide bonds. The van der Waals surface area contributed by atoms with Crippen molar-refractivity contribution in [2.75, 3.05) is 19.6 Å². The van der Waals surface area contributed by atoms with Gasteiger partial charge >= 0.3 is 0 Å². The molecule has 0 radical (unpaired) electrons. The van der Waals surface area contributed by atoms with Gasteiger partial charge in [-0.2, -0.15) is 0 Å². The van der Waals surface area contributed by atoms with Gasteiger partial charge in [-0.25, -0.2) is 9.37 Å². The van der Waals surface area contributed by atoms with Crippen molar-refractivity contribution in [2.24, 2.45) is 0 Å². The predicted octanol–water partition coefficient (Wildman–Crippen LogP) is 3.73. The Balaban J connectivity index is 1.73. The molecule has 146 valence electrons. The minimum atomic E-state index is -0.336. The van der Waals surface area contributed by atoms with E-state index in [4.69, 9.17) is 0 Å². The van der Waals surface area contributed by atoms with Gasteiger partial charge in [0.2, 0.25) is 0 Å². The molecule has 4 aromatic rings. The number of rotatable bonds is 2. The third-order valence-corrected chi connectivity index (χ3v) is 5.55. The molecule has 5 nitrogen and oxygen atoms in total. The molecule has 5 rings (SSSR count). The average Bonchev–Trinajstić information content (AvgIpc) is 3.17. The zero-order valence-corrected chi connectivity index (χ0v) is 16.1. The van der Waals surface area contributed by atoms with Gasteiger partial charge in [-0.05, 0) is 24.4 Å². The zero-order valence-electron chi connectivity index (χ0n) is 16.1. The van der Waals surface area contributed by atoms with E-state index in [0.717, 1.165) is 22.8 Å². The minimum Gasteiger partial charge on any atom is -0.336 e. The largest absolute Gasteiger partial charge is 0.336 e. The molecule has 0 aliphatic carbocycles. The first kappa shape index (κ1) is 17.8. The van der Waals surface area contributed by atoms with Gasteiger partial charge in [-0.3, -0.25) is 9.20 Å². The molecular formula is C23H21FN4O. The smallest absolute Gasteiger partial charge is 0.256 e. The molecule has 1 aliphatic rings. The molecule has 0 bridgehead atoms. The van der Waals surface area contributed by atoms with Crippen LogP contribution < -0.4 is 5.32 Å². The molecule has 1 N–H and O–H groups in total. The van der Waals surface area contributed by atoms with E-state index in [0.29, 0.717) is 30.0 Å². The second-order valence-corrected chi connectivity index (χ2v) is 7.51. The van der Waals surface area contributed by atoms with Crippen molar-refractivity contribution in [1.29, 1.82) is 0 Å². The maximum atomic E-state index is 14.5. The van der Waals surface area contributed by atoms with Crippen LogP contribution in [0, 0.1) is 5.82 Å². The van der Waals surface area contributed by atoms with Crippen LogP contribution in [-0.2, 0) is 0 Å². The summed E-state index contributed by atoms with van der Waals surface area (Å²) in [5.41, 5.74) is 1.87. The monoisotopic (exact) mass is 388 g/mol. The van der Waals surface area contributed by atoms with E-state index < -0.39 is 0 Å². The highest BCUT2D eigenvalue weighted by molar-refractivity contribution is 6.11. The number of carbonyl (C=O) groups excluding carboxylic acids is 1. The molecule has 29 heavy (non-hydrogen) atoms.